The second-order valence-corrected chi connectivity index (χ2v) is 10.6. The first-order valence-corrected chi connectivity index (χ1v) is 15.4. The van der Waals surface area contributed by atoms with Gasteiger partial charge >= 0.3 is 7.82 Å². The second-order valence-electron chi connectivity index (χ2n) is 9.40. The fourth-order valence-corrected chi connectivity index (χ4v) is 4.39. The summed E-state index contributed by atoms with van der Waals surface area (Å²) in [6.07, 6.45) is 22.1. The molecule has 200 valence electrons. The minimum Gasteiger partial charge on any atom is -0.376 e. The molecule has 0 radical (unpaired) electrons. The number of hydrogen-bond donors (Lipinski definition) is 2. The van der Waals surface area contributed by atoms with Gasteiger partial charge in [-0.2, -0.15) is 0 Å². The van der Waals surface area contributed by atoms with Gasteiger partial charge in [0.1, 0.15) is 0 Å². The van der Waals surface area contributed by atoms with Gasteiger partial charge in [-0.05, 0) is 26.2 Å². The average Bonchev–Trinajstić information content (AvgIpc) is 2.77. The van der Waals surface area contributed by atoms with E-state index in [1.807, 2.05) is 0 Å². The number of hydrogen-bond acceptors (Lipinski definition) is 4. The lowest BCUT2D eigenvalue weighted by atomic mass is 10.0. The van der Waals surface area contributed by atoms with Crippen molar-refractivity contribution in [3.63, 3.8) is 0 Å². The summed E-state index contributed by atoms with van der Waals surface area (Å²) < 4.78 is 27.4. The molecule has 0 saturated carbocycles. The highest BCUT2D eigenvalue weighted by molar-refractivity contribution is 7.46. The summed E-state index contributed by atoms with van der Waals surface area (Å²) >= 11 is 0. The van der Waals surface area contributed by atoms with E-state index in [9.17, 15) is 4.57 Å². The molecule has 0 aliphatic heterocycles. The van der Waals surface area contributed by atoms with E-state index in [1.54, 1.807) is 0 Å². The Balaban J connectivity index is 4.01. The highest BCUT2D eigenvalue weighted by atomic mass is 31.2. The highest BCUT2D eigenvalue weighted by Crippen LogP contribution is 2.35. The summed E-state index contributed by atoms with van der Waals surface area (Å²) in [7, 11) is -4.40. The molecular formula is C26H55O6P. The standard InChI is InChI=1S/C26H55O6P/c1-4-6-8-10-12-13-14-15-17-19-22-30-25(3)26(21-18-16-11-9-7-5-2)31-23-20-24-32-33(27,28)29/h25-26H,4-24H2,1-3H3,(H2,27,28,29). The van der Waals surface area contributed by atoms with Crippen molar-refractivity contribution in [3.8, 4) is 0 Å². The zero-order valence-electron chi connectivity index (χ0n) is 22.0. The number of phosphoric acid groups is 1. The van der Waals surface area contributed by atoms with E-state index in [2.05, 4.69) is 25.3 Å². The van der Waals surface area contributed by atoms with Crippen molar-refractivity contribution >= 4 is 7.82 Å². The van der Waals surface area contributed by atoms with Gasteiger partial charge in [-0.25, -0.2) is 4.57 Å². The van der Waals surface area contributed by atoms with E-state index in [0.717, 1.165) is 25.9 Å². The molecule has 0 spiro atoms. The molecule has 0 amide bonds. The third-order valence-corrected chi connectivity index (χ3v) is 6.64. The van der Waals surface area contributed by atoms with Crippen LogP contribution in [0.5, 0.6) is 0 Å². The van der Waals surface area contributed by atoms with E-state index in [4.69, 9.17) is 19.3 Å². The van der Waals surface area contributed by atoms with Gasteiger partial charge in [0.05, 0.1) is 18.8 Å². The Hall–Kier alpha value is 0.0300. The van der Waals surface area contributed by atoms with E-state index in [-0.39, 0.29) is 18.8 Å². The molecule has 0 saturated heterocycles. The Morgan fingerprint density at radius 1 is 0.606 bits per heavy atom. The van der Waals surface area contributed by atoms with Gasteiger partial charge in [0.25, 0.3) is 0 Å². The third-order valence-electron chi connectivity index (χ3n) is 6.12. The van der Waals surface area contributed by atoms with Gasteiger partial charge in [-0.3, -0.25) is 4.52 Å². The zero-order chi connectivity index (χ0) is 24.6. The molecule has 0 fully saturated rings. The van der Waals surface area contributed by atoms with Crippen LogP contribution < -0.4 is 0 Å². The van der Waals surface area contributed by atoms with Crippen LogP contribution in [-0.4, -0.2) is 41.8 Å². The lowest BCUT2D eigenvalue weighted by Crippen LogP contribution is -2.30. The Bertz CT molecular complexity index is 442. The predicted octanol–water partition coefficient (Wildman–Crippen LogP) is 7.95. The number of ether oxygens (including phenoxy) is 2. The molecule has 33 heavy (non-hydrogen) atoms. The molecule has 2 atom stereocenters. The smallest absolute Gasteiger partial charge is 0.376 e. The van der Waals surface area contributed by atoms with Crippen LogP contribution in [-0.2, 0) is 18.6 Å². The Morgan fingerprint density at radius 3 is 1.58 bits per heavy atom. The molecule has 0 aromatic rings. The number of phosphoric ester groups is 1. The largest absolute Gasteiger partial charge is 0.469 e. The Kier molecular flexibility index (Phi) is 23.8. The molecule has 6 nitrogen and oxygen atoms in total. The molecule has 2 N–H and O–H groups in total. The van der Waals surface area contributed by atoms with Gasteiger partial charge in [-0.1, -0.05) is 110 Å². The summed E-state index contributed by atoms with van der Waals surface area (Å²) in [5.41, 5.74) is 0. The molecule has 2 unspecified atom stereocenters. The van der Waals surface area contributed by atoms with Crippen molar-refractivity contribution in [3.05, 3.63) is 0 Å². The normalized spacial score (nSPS) is 14.0. The first kappa shape index (κ1) is 33.0. The zero-order valence-corrected chi connectivity index (χ0v) is 22.9. The minimum absolute atomic E-state index is 0.00184. The van der Waals surface area contributed by atoms with Crippen LogP contribution >= 0.6 is 7.82 Å². The summed E-state index contributed by atoms with van der Waals surface area (Å²) in [5.74, 6) is 0. The molecule has 0 bridgehead atoms. The summed E-state index contributed by atoms with van der Waals surface area (Å²) in [4.78, 5) is 17.6. The monoisotopic (exact) mass is 494 g/mol. The maximum Gasteiger partial charge on any atom is 0.469 e. The van der Waals surface area contributed by atoms with Gasteiger partial charge in [0.15, 0.2) is 0 Å². The quantitative estimate of drug-likeness (QED) is 0.0937. The molecule has 0 aliphatic rings. The Morgan fingerprint density at radius 2 is 1.06 bits per heavy atom. The summed E-state index contributed by atoms with van der Waals surface area (Å²) in [6, 6.07) is 0. The molecule has 0 aliphatic carbocycles. The second kappa shape index (κ2) is 23.8. The topological polar surface area (TPSA) is 85.2 Å². The van der Waals surface area contributed by atoms with Crippen LogP contribution in [0, 0.1) is 0 Å². The SMILES string of the molecule is CCCCCCCCCCCCOC(C)C(CCCCCCCC)OCCCOP(=O)(O)O. The Labute approximate surface area is 204 Å². The van der Waals surface area contributed by atoms with Crippen molar-refractivity contribution in [1.29, 1.82) is 0 Å². The fourth-order valence-electron chi connectivity index (χ4n) is 4.02. The van der Waals surface area contributed by atoms with Crippen LogP contribution in [0.25, 0.3) is 0 Å². The minimum atomic E-state index is -4.40. The van der Waals surface area contributed by atoms with Crippen LogP contribution in [0.15, 0.2) is 0 Å². The summed E-state index contributed by atoms with van der Waals surface area (Å²) in [5, 5.41) is 0. The number of unbranched alkanes of at least 4 members (excludes halogenated alkanes) is 14. The lowest BCUT2D eigenvalue weighted by Gasteiger charge is -2.25. The van der Waals surface area contributed by atoms with Crippen molar-refractivity contribution in [1.82, 2.24) is 0 Å². The van der Waals surface area contributed by atoms with Crippen molar-refractivity contribution < 1.29 is 28.3 Å². The maximum absolute atomic E-state index is 10.8. The van der Waals surface area contributed by atoms with E-state index >= 15 is 0 Å². The van der Waals surface area contributed by atoms with Crippen molar-refractivity contribution in [2.75, 3.05) is 19.8 Å². The van der Waals surface area contributed by atoms with Crippen LogP contribution in [0.1, 0.15) is 136 Å². The van der Waals surface area contributed by atoms with Gasteiger partial charge < -0.3 is 19.3 Å². The molecule has 0 aromatic carbocycles. The van der Waals surface area contributed by atoms with E-state index in [1.165, 1.54) is 89.9 Å². The maximum atomic E-state index is 10.8. The molecular weight excluding hydrogens is 439 g/mol. The molecule has 0 rings (SSSR count). The predicted molar refractivity (Wildman–Crippen MR) is 138 cm³/mol. The summed E-state index contributed by atoms with van der Waals surface area (Å²) in [6.45, 7) is 7.78. The first-order valence-electron chi connectivity index (χ1n) is 13.8. The van der Waals surface area contributed by atoms with Gasteiger partial charge in [0, 0.05) is 13.2 Å². The van der Waals surface area contributed by atoms with Gasteiger partial charge in [0.2, 0.25) is 0 Å². The van der Waals surface area contributed by atoms with E-state index < -0.39 is 7.82 Å². The van der Waals surface area contributed by atoms with Crippen LogP contribution in [0.2, 0.25) is 0 Å². The first-order chi connectivity index (χ1) is 15.9. The van der Waals surface area contributed by atoms with Gasteiger partial charge in [-0.15, -0.1) is 0 Å². The van der Waals surface area contributed by atoms with Crippen molar-refractivity contribution in [2.24, 2.45) is 0 Å². The fraction of sp³-hybridized carbons (Fsp3) is 1.00. The molecule has 0 aromatic heterocycles. The highest BCUT2D eigenvalue weighted by Gasteiger charge is 2.19. The number of rotatable bonds is 26. The molecule has 0 heterocycles. The van der Waals surface area contributed by atoms with Crippen LogP contribution in [0.4, 0.5) is 0 Å². The van der Waals surface area contributed by atoms with Crippen LogP contribution in [0.3, 0.4) is 0 Å². The average molecular weight is 495 g/mol. The van der Waals surface area contributed by atoms with E-state index in [0.29, 0.717) is 13.0 Å². The lowest BCUT2D eigenvalue weighted by molar-refractivity contribution is -0.0718. The third kappa shape index (κ3) is 24.9. The molecule has 7 heteroatoms. The van der Waals surface area contributed by atoms with Crippen molar-refractivity contribution in [2.45, 2.75) is 149 Å².